The lowest BCUT2D eigenvalue weighted by Crippen LogP contribution is -2.69. The van der Waals surface area contributed by atoms with E-state index in [4.69, 9.17) is 4.74 Å². The number of aliphatic hydroxyl groups excluding tert-OH is 1. The smallest absolute Gasteiger partial charge is 0.321 e. The van der Waals surface area contributed by atoms with Gasteiger partial charge in [0.2, 0.25) is 0 Å². The average Bonchev–Trinajstić information content (AvgIpc) is 2.89. The van der Waals surface area contributed by atoms with E-state index in [1.54, 1.807) is 7.11 Å². The average molecular weight is 351 g/mol. The molecule has 1 spiro atoms. The first-order valence-electron chi connectivity index (χ1n) is 9.21. The largest absolute Gasteiger partial charge is 0.480 e. The summed E-state index contributed by atoms with van der Waals surface area (Å²) in [5.41, 5.74) is -2.22. The first-order chi connectivity index (χ1) is 11.5. The van der Waals surface area contributed by atoms with E-state index in [9.17, 15) is 20.1 Å². The van der Waals surface area contributed by atoms with Gasteiger partial charge in [0, 0.05) is 24.0 Å². The number of methoxy groups -OCH3 is 1. The minimum atomic E-state index is -0.962. The summed E-state index contributed by atoms with van der Waals surface area (Å²) in [4.78, 5) is 14.4. The highest BCUT2D eigenvalue weighted by Crippen LogP contribution is 2.71. The lowest BCUT2D eigenvalue weighted by atomic mass is 9.62. The van der Waals surface area contributed by atoms with Crippen LogP contribution in [-0.2, 0) is 9.53 Å². The summed E-state index contributed by atoms with van der Waals surface area (Å²) in [5, 5.41) is 31.9. The first-order valence-corrected chi connectivity index (χ1v) is 9.21. The van der Waals surface area contributed by atoms with Crippen LogP contribution < -0.4 is 0 Å². The van der Waals surface area contributed by atoms with E-state index in [-0.39, 0.29) is 5.92 Å². The van der Waals surface area contributed by atoms with Gasteiger partial charge in [0.1, 0.15) is 11.8 Å². The van der Waals surface area contributed by atoms with Crippen LogP contribution in [0.3, 0.4) is 0 Å². The molecule has 6 nitrogen and oxygen atoms in total. The van der Waals surface area contributed by atoms with Gasteiger partial charge in [-0.05, 0) is 57.9 Å². The number of carboxylic acids is 1. The number of nitrogens with zero attached hydrogens (tertiary/aromatic N) is 1. The number of aliphatic hydroxyl groups is 2. The number of hydrogen-bond acceptors (Lipinski definition) is 5. The van der Waals surface area contributed by atoms with Gasteiger partial charge in [0.05, 0.1) is 11.7 Å². The molecule has 2 heterocycles. The van der Waals surface area contributed by atoms with Crippen LogP contribution in [0.2, 0.25) is 0 Å². The molecule has 2 saturated carbocycles. The van der Waals surface area contributed by atoms with E-state index in [0.717, 1.165) is 12.0 Å². The van der Waals surface area contributed by atoms with E-state index in [0.29, 0.717) is 32.1 Å². The molecule has 2 saturated heterocycles. The lowest BCUT2D eigenvalue weighted by molar-refractivity contribution is -0.236. The summed E-state index contributed by atoms with van der Waals surface area (Å²) < 4.78 is 6.09. The van der Waals surface area contributed by atoms with Crippen molar-refractivity contribution in [2.24, 2.45) is 11.3 Å². The Hall–Kier alpha value is -0.950. The molecule has 25 heavy (non-hydrogen) atoms. The van der Waals surface area contributed by atoms with Gasteiger partial charge in [-0.1, -0.05) is 6.58 Å². The van der Waals surface area contributed by atoms with Gasteiger partial charge in [-0.3, -0.25) is 9.69 Å². The number of ether oxygens (including phenoxy) is 1. The predicted octanol–water partition coefficient (Wildman–Crippen LogP) is 1.51. The Morgan fingerprint density at radius 3 is 2.60 bits per heavy atom. The van der Waals surface area contributed by atoms with Gasteiger partial charge < -0.3 is 20.1 Å². The van der Waals surface area contributed by atoms with Gasteiger partial charge in [-0.25, -0.2) is 0 Å². The molecule has 4 rings (SSSR count). The predicted molar refractivity (Wildman–Crippen MR) is 90.8 cm³/mol. The maximum absolute atomic E-state index is 12.5. The maximum Gasteiger partial charge on any atom is 0.321 e. The molecule has 2 aliphatic carbocycles. The van der Waals surface area contributed by atoms with Crippen molar-refractivity contribution in [3.05, 3.63) is 12.2 Å². The van der Waals surface area contributed by atoms with Crippen LogP contribution in [0.1, 0.15) is 52.4 Å². The van der Waals surface area contributed by atoms with E-state index in [1.807, 2.05) is 18.7 Å². The van der Waals surface area contributed by atoms with E-state index < -0.39 is 40.4 Å². The zero-order chi connectivity index (χ0) is 18.4. The van der Waals surface area contributed by atoms with Crippen LogP contribution in [0.4, 0.5) is 0 Å². The van der Waals surface area contributed by atoms with Crippen molar-refractivity contribution in [1.82, 2.24) is 4.90 Å². The molecule has 6 heteroatoms. The fourth-order valence-electron chi connectivity index (χ4n) is 6.85. The molecule has 0 amide bonds. The standard InChI is InChI=1S/C19H29NO5/c1-11-9-17-10-18(11,24)7-5-12(17)19(25-4)8-6-13(21)16(2,3)20(19)14(17)15(22)23/h12-14,21,24H,1,5-10H2,2-4H3,(H,22,23)/t12?,13?,14?,17?,18-,19?/m0/s1. The molecule has 3 N–H and O–H groups in total. The Kier molecular flexibility index (Phi) is 3.39. The lowest BCUT2D eigenvalue weighted by Gasteiger charge is -2.56. The Morgan fingerprint density at radius 1 is 1.32 bits per heavy atom. The molecule has 5 unspecified atom stereocenters. The summed E-state index contributed by atoms with van der Waals surface area (Å²) in [6, 6.07) is -0.798. The Labute approximate surface area is 148 Å². The van der Waals surface area contributed by atoms with Crippen molar-refractivity contribution >= 4 is 5.97 Å². The van der Waals surface area contributed by atoms with E-state index >= 15 is 0 Å². The molecule has 0 aromatic rings. The monoisotopic (exact) mass is 351 g/mol. The molecule has 0 aromatic heterocycles. The molecule has 140 valence electrons. The number of carboxylic acid groups (broad SMARTS) is 1. The molecule has 6 atom stereocenters. The molecule has 0 radical (unpaired) electrons. The Bertz CT molecular complexity index is 648. The zero-order valence-corrected chi connectivity index (χ0v) is 15.3. The second-order valence-corrected chi connectivity index (χ2v) is 9.18. The topological polar surface area (TPSA) is 90.2 Å². The third kappa shape index (κ3) is 1.81. The van der Waals surface area contributed by atoms with E-state index in [1.165, 1.54) is 0 Å². The maximum atomic E-state index is 12.5. The van der Waals surface area contributed by atoms with Crippen molar-refractivity contribution in [3.63, 3.8) is 0 Å². The van der Waals surface area contributed by atoms with Crippen LogP contribution in [0.15, 0.2) is 12.2 Å². The van der Waals surface area contributed by atoms with Gasteiger partial charge in [-0.2, -0.15) is 0 Å². The number of fused-ring (bicyclic) bond motifs is 3. The third-order valence-corrected chi connectivity index (χ3v) is 7.92. The van der Waals surface area contributed by atoms with Crippen molar-refractivity contribution in [2.45, 2.75) is 81.4 Å². The first kappa shape index (κ1) is 17.5. The number of rotatable bonds is 2. The Balaban J connectivity index is 1.95. The fraction of sp³-hybridized carbons (Fsp3) is 0.842. The van der Waals surface area contributed by atoms with Crippen LogP contribution >= 0.6 is 0 Å². The zero-order valence-electron chi connectivity index (χ0n) is 15.3. The van der Waals surface area contributed by atoms with Crippen LogP contribution in [0.25, 0.3) is 0 Å². The minimum absolute atomic E-state index is 0.0115. The highest BCUT2D eigenvalue weighted by molar-refractivity contribution is 5.77. The molecule has 2 bridgehead atoms. The highest BCUT2D eigenvalue weighted by Gasteiger charge is 2.77. The summed E-state index contributed by atoms with van der Waals surface area (Å²) in [6.45, 7) is 7.90. The number of aliphatic carboxylic acids is 1. The van der Waals surface area contributed by atoms with Crippen molar-refractivity contribution in [3.8, 4) is 0 Å². The molecule has 0 aromatic carbocycles. The fourth-order valence-corrected chi connectivity index (χ4v) is 6.85. The Morgan fingerprint density at radius 2 is 2.00 bits per heavy atom. The normalized spacial score (nSPS) is 51.2. The van der Waals surface area contributed by atoms with Gasteiger partial charge in [0.25, 0.3) is 0 Å². The summed E-state index contributed by atoms with van der Waals surface area (Å²) in [7, 11) is 1.66. The number of carbonyl (C=O) groups is 1. The van der Waals surface area contributed by atoms with E-state index in [2.05, 4.69) is 6.58 Å². The molecule has 4 aliphatic rings. The van der Waals surface area contributed by atoms with Crippen LogP contribution in [0, 0.1) is 11.3 Å². The summed E-state index contributed by atoms with van der Waals surface area (Å²) in [5.74, 6) is -0.887. The molecule has 4 fully saturated rings. The molecular formula is C19H29NO5. The second-order valence-electron chi connectivity index (χ2n) is 9.18. The minimum Gasteiger partial charge on any atom is -0.480 e. The van der Waals surface area contributed by atoms with Crippen molar-refractivity contribution in [2.75, 3.05) is 7.11 Å². The third-order valence-electron chi connectivity index (χ3n) is 7.92. The summed E-state index contributed by atoms with van der Waals surface area (Å²) in [6.07, 6.45) is 2.84. The summed E-state index contributed by atoms with van der Waals surface area (Å²) >= 11 is 0. The van der Waals surface area contributed by atoms with Gasteiger partial charge >= 0.3 is 5.97 Å². The SMILES string of the molecule is C=C1CC23C[C@@]1(O)CCC2C1(OC)CCC(O)C(C)(C)N1C3C(=O)O. The molecular weight excluding hydrogens is 322 g/mol. The quantitative estimate of drug-likeness (QED) is 0.654. The number of hydrogen-bond donors (Lipinski definition) is 3. The van der Waals surface area contributed by atoms with Crippen molar-refractivity contribution in [1.29, 1.82) is 0 Å². The second kappa shape index (κ2) is 4.85. The van der Waals surface area contributed by atoms with Crippen LogP contribution in [-0.4, -0.2) is 62.3 Å². The molecule has 2 aliphatic heterocycles. The van der Waals surface area contributed by atoms with Crippen LogP contribution in [0.5, 0.6) is 0 Å². The van der Waals surface area contributed by atoms with Gasteiger partial charge in [0.15, 0.2) is 0 Å². The van der Waals surface area contributed by atoms with Gasteiger partial charge in [-0.15, -0.1) is 0 Å². The number of piperidine rings is 1. The van der Waals surface area contributed by atoms with Crippen molar-refractivity contribution < 1.29 is 24.9 Å². The highest BCUT2D eigenvalue weighted by atomic mass is 16.5.